The molecule has 12 heteroatoms. The predicted octanol–water partition coefficient (Wildman–Crippen LogP) is -2.08. The molecule has 32 heavy (non-hydrogen) atoms. The minimum absolute atomic E-state index is 0.0334. The van der Waals surface area contributed by atoms with Gasteiger partial charge < -0.3 is 36.8 Å². The van der Waals surface area contributed by atoms with Gasteiger partial charge in [0.15, 0.2) is 0 Å². The van der Waals surface area contributed by atoms with Crippen LogP contribution in [0.4, 0.5) is 0 Å². The summed E-state index contributed by atoms with van der Waals surface area (Å²) in [6.45, 7) is 6.35. The van der Waals surface area contributed by atoms with Gasteiger partial charge in [-0.15, -0.1) is 0 Å². The molecule has 1 rings (SSSR count). The monoisotopic (exact) mass is 457 g/mol. The van der Waals surface area contributed by atoms with Crippen molar-refractivity contribution in [3.63, 3.8) is 0 Å². The van der Waals surface area contributed by atoms with E-state index in [1.54, 1.807) is 0 Å². The van der Waals surface area contributed by atoms with Crippen molar-refractivity contribution in [1.82, 2.24) is 20.9 Å². The molecule has 1 fully saturated rings. The largest absolute Gasteiger partial charge is 0.480 e. The number of aliphatic carboxylic acids is 1. The fraction of sp³-hybridized carbons (Fsp3) is 0.750. The summed E-state index contributed by atoms with van der Waals surface area (Å²) >= 11 is 0. The van der Waals surface area contributed by atoms with Gasteiger partial charge in [-0.05, 0) is 39.0 Å². The number of carboxylic acid groups (broad SMARTS) is 1. The van der Waals surface area contributed by atoms with Crippen LogP contribution in [0.25, 0.3) is 0 Å². The molecule has 1 heterocycles. The molecular weight excluding hydrogens is 422 g/mol. The lowest BCUT2D eigenvalue weighted by Crippen LogP contribution is -2.59. The Kier molecular flexibility index (Phi) is 10.5. The van der Waals surface area contributed by atoms with E-state index in [9.17, 15) is 34.2 Å². The van der Waals surface area contributed by atoms with E-state index < -0.39 is 59.9 Å². The quantitative estimate of drug-likeness (QED) is 0.204. The summed E-state index contributed by atoms with van der Waals surface area (Å²) in [4.78, 5) is 62.3. The van der Waals surface area contributed by atoms with Gasteiger partial charge in [0.25, 0.3) is 0 Å². The van der Waals surface area contributed by atoms with Crippen LogP contribution in [0.1, 0.15) is 47.0 Å². The van der Waals surface area contributed by atoms with Gasteiger partial charge in [-0.1, -0.05) is 13.8 Å². The third-order valence-corrected chi connectivity index (χ3v) is 5.16. The first kappa shape index (κ1) is 27.3. The van der Waals surface area contributed by atoms with Gasteiger partial charge in [0, 0.05) is 6.54 Å². The molecule has 4 amide bonds. The lowest BCUT2D eigenvalue weighted by Gasteiger charge is -2.29. The molecule has 12 nitrogen and oxygen atoms in total. The highest BCUT2D eigenvalue weighted by atomic mass is 16.4. The highest BCUT2D eigenvalue weighted by Gasteiger charge is 2.38. The van der Waals surface area contributed by atoms with Crippen molar-refractivity contribution in [3.8, 4) is 0 Å². The van der Waals surface area contributed by atoms with Crippen molar-refractivity contribution in [1.29, 1.82) is 0 Å². The number of nitrogens with one attached hydrogen (secondary N) is 3. The summed E-state index contributed by atoms with van der Waals surface area (Å²) in [7, 11) is 0. The van der Waals surface area contributed by atoms with E-state index in [1.165, 1.54) is 18.7 Å². The normalized spacial score (nSPS) is 19.6. The SMILES string of the molecule is CC(C)C[C@H](NC(=O)[C@H](C)NC(=O)[C@@H](NC(=O)CN)[C@@H](C)O)C(=O)N1CCC[C@H]1C(=O)O. The first-order chi connectivity index (χ1) is 14.9. The molecule has 0 bridgehead atoms. The van der Waals surface area contributed by atoms with Crippen LogP contribution in [0.3, 0.4) is 0 Å². The van der Waals surface area contributed by atoms with Gasteiger partial charge in [0.2, 0.25) is 23.6 Å². The number of amides is 4. The molecule has 0 spiro atoms. The number of hydrogen-bond acceptors (Lipinski definition) is 7. The Labute approximate surface area is 187 Å². The van der Waals surface area contributed by atoms with Gasteiger partial charge >= 0.3 is 5.97 Å². The van der Waals surface area contributed by atoms with E-state index in [-0.39, 0.29) is 18.9 Å². The summed E-state index contributed by atoms with van der Waals surface area (Å²) in [6.07, 6.45) is -0.0337. The van der Waals surface area contributed by atoms with Crippen molar-refractivity contribution in [3.05, 3.63) is 0 Å². The molecule has 7 N–H and O–H groups in total. The molecule has 5 atom stereocenters. The number of likely N-dealkylation sites (tertiary alicyclic amines) is 1. The summed E-state index contributed by atoms with van der Waals surface area (Å²) in [6, 6.07) is -4.28. The van der Waals surface area contributed by atoms with Crippen LogP contribution in [-0.4, -0.2) is 88.1 Å². The Bertz CT molecular complexity index is 712. The number of rotatable bonds is 11. The number of carboxylic acids is 1. The molecule has 1 saturated heterocycles. The van der Waals surface area contributed by atoms with Crippen LogP contribution in [-0.2, 0) is 24.0 Å². The average molecular weight is 458 g/mol. The second-order valence-electron chi connectivity index (χ2n) is 8.44. The summed E-state index contributed by atoms with van der Waals surface area (Å²) in [5.74, 6) is -3.63. The van der Waals surface area contributed by atoms with E-state index in [0.29, 0.717) is 19.4 Å². The first-order valence-electron chi connectivity index (χ1n) is 10.7. The van der Waals surface area contributed by atoms with Crippen LogP contribution in [0.2, 0.25) is 0 Å². The zero-order valence-corrected chi connectivity index (χ0v) is 19.0. The molecule has 0 saturated carbocycles. The number of nitrogens with two attached hydrogens (primary N) is 1. The van der Waals surface area contributed by atoms with E-state index in [0.717, 1.165) is 0 Å². The average Bonchev–Trinajstić information content (AvgIpc) is 3.20. The standard InChI is InChI=1S/C20H35N5O7/c1-10(2)8-13(19(30)25-7-5-6-14(25)20(31)32)23-17(28)11(3)22-18(29)16(12(4)26)24-15(27)9-21/h10-14,16,26H,5-9,21H2,1-4H3,(H,22,29)(H,23,28)(H,24,27)(H,31,32)/t11-,12+,13-,14-,16-/m0/s1. The second kappa shape index (κ2) is 12.3. The topological polar surface area (TPSA) is 191 Å². The highest BCUT2D eigenvalue weighted by Crippen LogP contribution is 2.20. The van der Waals surface area contributed by atoms with Gasteiger partial charge in [-0.25, -0.2) is 4.79 Å². The van der Waals surface area contributed by atoms with Crippen molar-refractivity contribution in [2.45, 2.75) is 77.2 Å². The zero-order valence-electron chi connectivity index (χ0n) is 19.0. The minimum Gasteiger partial charge on any atom is -0.480 e. The Morgan fingerprint density at radius 2 is 1.66 bits per heavy atom. The molecule has 0 unspecified atom stereocenters. The van der Waals surface area contributed by atoms with Gasteiger partial charge in [-0.2, -0.15) is 0 Å². The third kappa shape index (κ3) is 7.75. The minimum atomic E-state index is -1.31. The number of carbonyl (C=O) groups is 5. The van der Waals surface area contributed by atoms with Gasteiger partial charge in [-0.3, -0.25) is 19.2 Å². The highest BCUT2D eigenvalue weighted by molar-refractivity contribution is 5.95. The molecular formula is C20H35N5O7. The third-order valence-electron chi connectivity index (χ3n) is 5.16. The number of nitrogens with zero attached hydrogens (tertiary/aromatic N) is 1. The predicted molar refractivity (Wildman–Crippen MR) is 114 cm³/mol. The van der Waals surface area contributed by atoms with Crippen molar-refractivity contribution in [2.24, 2.45) is 11.7 Å². The summed E-state index contributed by atoms with van der Waals surface area (Å²) in [5.41, 5.74) is 5.21. The molecule has 182 valence electrons. The number of hydrogen-bond donors (Lipinski definition) is 6. The van der Waals surface area contributed by atoms with Crippen LogP contribution in [0.5, 0.6) is 0 Å². The van der Waals surface area contributed by atoms with Crippen molar-refractivity contribution < 1.29 is 34.2 Å². The molecule has 1 aliphatic rings. The number of aliphatic hydroxyl groups excluding tert-OH is 1. The molecule has 0 aromatic heterocycles. The van der Waals surface area contributed by atoms with Crippen LogP contribution in [0.15, 0.2) is 0 Å². The smallest absolute Gasteiger partial charge is 0.326 e. The van der Waals surface area contributed by atoms with E-state index in [4.69, 9.17) is 5.73 Å². The molecule has 1 aliphatic heterocycles. The van der Waals surface area contributed by atoms with Gasteiger partial charge in [0.05, 0.1) is 12.6 Å². The van der Waals surface area contributed by atoms with Crippen molar-refractivity contribution >= 4 is 29.6 Å². The number of aliphatic hydroxyl groups is 1. The van der Waals surface area contributed by atoms with Crippen molar-refractivity contribution in [2.75, 3.05) is 13.1 Å². The Morgan fingerprint density at radius 3 is 2.16 bits per heavy atom. The Balaban J connectivity index is 2.86. The van der Waals surface area contributed by atoms with Crippen LogP contribution in [0, 0.1) is 5.92 Å². The Morgan fingerprint density at radius 1 is 1.03 bits per heavy atom. The molecule has 0 aliphatic carbocycles. The number of carbonyl (C=O) groups excluding carboxylic acids is 4. The summed E-state index contributed by atoms with van der Waals surface area (Å²) in [5, 5.41) is 26.4. The van der Waals surface area contributed by atoms with Crippen LogP contribution >= 0.6 is 0 Å². The second-order valence-corrected chi connectivity index (χ2v) is 8.44. The fourth-order valence-corrected chi connectivity index (χ4v) is 3.48. The van der Waals surface area contributed by atoms with E-state index >= 15 is 0 Å². The van der Waals surface area contributed by atoms with Gasteiger partial charge in [0.1, 0.15) is 24.2 Å². The maximum atomic E-state index is 13.0. The van der Waals surface area contributed by atoms with E-state index in [2.05, 4.69) is 16.0 Å². The molecule has 0 aromatic rings. The zero-order chi connectivity index (χ0) is 24.6. The maximum absolute atomic E-state index is 13.0. The first-order valence-corrected chi connectivity index (χ1v) is 10.7. The van der Waals surface area contributed by atoms with Crippen LogP contribution < -0.4 is 21.7 Å². The Hall–Kier alpha value is -2.73. The lowest BCUT2D eigenvalue weighted by atomic mass is 10.0. The van der Waals surface area contributed by atoms with E-state index in [1.807, 2.05) is 13.8 Å². The lowest BCUT2D eigenvalue weighted by molar-refractivity contribution is -0.149. The maximum Gasteiger partial charge on any atom is 0.326 e. The molecule has 0 aromatic carbocycles. The summed E-state index contributed by atoms with van der Waals surface area (Å²) < 4.78 is 0. The molecule has 0 radical (unpaired) electrons. The fourth-order valence-electron chi connectivity index (χ4n) is 3.48.